The topological polar surface area (TPSA) is 85.9 Å². The molecule has 2 aliphatic heterocycles. The lowest BCUT2D eigenvalue weighted by Gasteiger charge is -2.26. The predicted octanol–water partition coefficient (Wildman–Crippen LogP) is 4.04. The Labute approximate surface area is 205 Å². The van der Waals surface area contributed by atoms with Crippen molar-refractivity contribution in [2.45, 2.75) is 19.3 Å². The van der Waals surface area contributed by atoms with E-state index in [1.807, 2.05) is 12.1 Å². The van der Waals surface area contributed by atoms with Gasteiger partial charge in [-0.3, -0.25) is 9.69 Å². The molecule has 0 aromatic heterocycles. The molecule has 182 valence electrons. The van der Waals surface area contributed by atoms with Crippen molar-refractivity contribution in [3.63, 3.8) is 0 Å². The highest BCUT2D eigenvalue weighted by Gasteiger charge is 2.20. The van der Waals surface area contributed by atoms with E-state index in [4.69, 9.17) is 16.3 Å². The number of nitrogens with zero attached hydrogens (tertiary/aromatic N) is 2. The maximum Gasteiger partial charge on any atom is 0.323 e. The summed E-state index contributed by atoms with van der Waals surface area (Å²) in [6.45, 7) is 6.84. The molecule has 4 rings (SSSR count). The van der Waals surface area contributed by atoms with Crippen molar-refractivity contribution in [3.8, 4) is 0 Å². The van der Waals surface area contributed by atoms with Crippen LogP contribution in [0.3, 0.4) is 0 Å². The van der Waals surface area contributed by atoms with Crippen LogP contribution in [0.2, 0.25) is 5.02 Å². The first kappa shape index (κ1) is 24.3. The molecule has 2 saturated heterocycles. The highest BCUT2D eigenvalue weighted by molar-refractivity contribution is 6.30. The zero-order chi connectivity index (χ0) is 23.8. The van der Waals surface area contributed by atoms with Crippen LogP contribution in [0.15, 0.2) is 42.5 Å². The van der Waals surface area contributed by atoms with Crippen LogP contribution in [0, 0.1) is 0 Å². The summed E-state index contributed by atoms with van der Waals surface area (Å²) in [5.74, 6) is -0.120. The number of carbonyl (C=O) groups excluding carboxylic acids is 2. The van der Waals surface area contributed by atoms with Crippen molar-refractivity contribution >= 4 is 40.6 Å². The van der Waals surface area contributed by atoms with E-state index in [9.17, 15) is 9.59 Å². The Kier molecular flexibility index (Phi) is 8.62. The molecule has 8 nitrogen and oxygen atoms in total. The number of ether oxygens (including phenoxy) is 1. The number of benzene rings is 2. The van der Waals surface area contributed by atoms with Gasteiger partial charge in [0.05, 0.1) is 18.8 Å². The van der Waals surface area contributed by atoms with Crippen molar-refractivity contribution in [3.05, 3.63) is 53.1 Å². The molecule has 34 heavy (non-hydrogen) atoms. The van der Waals surface area contributed by atoms with Crippen LogP contribution in [-0.4, -0.2) is 69.3 Å². The number of rotatable bonds is 8. The molecule has 0 aliphatic carbocycles. The monoisotopic (exact) mass is 485 g/mol. The Bertz CT molecular complexity index is 973. The summed E-state index contributed by atoms with van der Waals surface area (Å²) < 4.78 is 5.38. The largest absolute Gasteiger partial charge is 0.379 e. The number of anilines is 3. The number of morpholine rings is 1. The molecule has 0 unspecified atom stereocenters. The molecule has 3 amide bonds. The van der Waals surface area contributed by atoms with Gasteiger partial charge < -0.3 is 25.6 Å². The summed E-state index contributed by atoms with van der Waals surface area (Å²) in [7, 11) is 0. The van der Waals surface area contributed by atoms with Crippen LogP contribution in [0.1, 0.15) is 29.6 Å². The van der Waals surface area contributed by atoms with Gasteiger partial charge in [-0.15, -0.1) is 0 Å². The summed E-state index contributed by atoms with van der Waals surface area (Å²) >= 11 is 5.90. The van der Waals surface area contributed by atoms with Gasteiger partial charge in [-0.05, 0) is 68.3 Å². The number of hydrogen-bond acceptors (Lipinski definition) is 5. The fraction of sp³-hybridized carbons (Fsp3) is 0.440. The molecule has 2 fully saturated rings. The van der Waals surface area contributed by atoms with E-state index < -0.39 is 0 Å². The third kappa shape index (κ3) is 6.85. The molecule has 0 spiro atoms. The van der Waals surface area contributed by atoms with Gasteiger partial charge in [0, 0.05) is 54.8 Å². The van der Waals surface area contributed by atoms with Crippen molar-refractivity contribution < 1.29 is 14.3 Å². The Morgan fingerprint density at radius 2 is 1.59 bits per heavy atom. The van der Waals surface area contributed by atoms with E-state index in [-0.39, 0.29) is 11.9 Å². The van der Waals surface area contributed by atoms with Gasteiger partial charge in [0.1, 0.15) is 0 Å². The third-order valence-electron chi connectivity index (χ3n) is 6.09. The molecule has 2 aromatic carbocycles. The number of nitrogens with one attached hydrogen (secondary N) is 3. The average Bonchev–Trinajstić information content (AvgIpc) is 3.38. The van der Waals surface area contributed by atoms with E-state index in [0.717, 1.165) is 70.9 Å². The molecule has 0 radical (unpaired) electrons. The zero-order valence-electron chi connectivity index (χ0n) is 19.3. The number of halogens is 1. The number of urea groups is 1. The van der Waals surface area contributed by atoms with Crippen molar-refractivity contribution in [2.75, 3.05) is 68.0 Å². The maximum atomic E-state index is 13.1. The van der Waals surface area contributed by atoms with Gasteiger partial charge >= 0.3 is 6.03 Å². The van der Waals surface area contributed by atoms with Gasteiger partial charge in [-0.25, -0.2) is 4.79 Å². The molecule has 0 bridgehead atoms. The smallest absolute Gasteiger partial charge is 0.323 e. The zero-order valence-corrected chi connectivity index (χ0v) is 20.1. The SMILES string of the molecule is O=C(Nc1ccc(Cl)cc1)Nc1ccc(N2CCCC2)c(C(=O)NCCCN2CCOCC2)c1. The molecule has 0 atom stereocenters. The Balaban J connectivity index is 1.38. The van der Waals surface area contributed by atoms with Gasteiger partial charge in [-0.2, -0.15) is 0 Å². The molecule has 0 saturated carbocycles. The molecule has 2 heterocycles. The molecular weight excluding hydrogens is 454 g/mol. The lowest BCUT2D eigenvalue weighted by atomic mass is 10.1. The van der Waals surface area contributed by atoms with E-state index in [1.165, 1.54) is 0 Å². The van der Waals surface area contributed by atoms with E-state index in [0.29, 0.717) is 28.5 Å². The van der Waals surface area contributed by atoms with Gasteiger partial charge in [-0.1, -0.05) is 11.6 Å². The normalized spacial score (nSPS) is 16.3. The Hall–Kier alpha value is -2.81. The highest BCUT2D eigenvalue weighted by Crippen LogP contribution is 2.28. The summed E-state index contributed by atoms with van der Waals surface area (Å²) in [6.07, 6.45) is 3.11. The van der Waals surface area contributed by atoms with E-state index in [2.05, 4.69) is 25.8 Å². The van der Waals surface area contributed by atoms with Gasteiger partial charge in [0.2, 0.25) is 0 Å². The van der Waals surface area contributed by atoms with Crippen molar-refractivity contribution in [1.82, 2.24) is 10.2 Å². The van der Waals surface area contributed by atoms with Gasteiger partial charge in [0.25, 0.3) is 5.91 Å². The second-order valence-corrected chi connectivity index (χ2v) is 9.01. The van der Waals surface area contributed by atoms with Crippen molar-refractivity contribution in [1.29, 1.82) is 0 Å². The first-order chi connectivity index (χ1) is 16.6. The minimum absolute atomic E-state index is 0.120. The molecule has 2 aromatic rings. The summed E-state index contributed by atoms with van der Waals surface area (Å²) in [5, 5.41) is 9.27. The maximum absolute atomic E-state index is 13.1. The fourth-order valence-corrected chi connectivity index (χ4v) is 4.41. The summed E-state index contributed by atoms with van der Waals surface area (Å²) in [5.41, 5.74) is 2.69. The lowest BCUT2D eigenvalue weighted by molar-refractivity contribution is 0.0374. The van der Waals surface area contributed by atoms with Crippen LogP contribution in [0.4, 0.5) is 21.9 Å². The molecular formula is C25H32ClN5O3. The third-order valence-corrected chi connectivity index (χ3v) is 6.34. The second-order valence-electron chi connectivity index (χ2n) is 8.58. The molecule has 9 heteroatoms. The standard InChI is InChI=1S/C25H32ClN5O3/c26-19-4-6-20(7-5-19)28-25(33)29-21-8-9-23(31-12-1-2-13-31)22(18-21)24(32)27-10-3-11-30-14-16-34-17-15-30/h4-9,18H,1-3,10-17H2,(H,27,32)(H2,28,29,33). The van der Waals surface area contributed by atoms with Crippen LogP contribution in [0.25, 0.3) is 0 Å². The minimum Gasteiger partial charge on any atom is -0.379 e. The van der Waals surface area contributed by atoms with Crippen molar-refractivity contribution in [2.24, 2.45) is 0 Å². The summed E-state index contributed by atoms with van der Waals surface area (Å²) in [4.78, 5) is 30.2. The molecule has 3 N–H and O–H groups in total. The fourth-order valence-electron chi connectivity index (χ4n) is 4.28. The number of hydrogen-bond donors (Lipinski definition) is 3. The average molecular weight is 486 g/mol. The lowest BCUT2D eigenvalue weighted by Crippen LogP contribution is -2.38. The number of carbonyl (C=O) groups is 2. The highest BCUT2D eigenvalue weighted by atomic mass is 35.5. The Morgan fingerprint density at radius 1 is 0.912 bits per heavy atom. The van der Waals surface area contributed by atoms with Gasteiger partial charge in [0.15, 0.2) is 0 Å². The quantitative estimate of drug-likeness (QED) is 0.491. The predicted molar refractivity (Wildman–Crippen MR) is 136 cm³/mol. The van der Waals surface area contributed by atoms with Crippen LogP contribution >= 0.6 is 11.6 Å². The number of amides is 3. The van der Waals surface area contributed by atoms with Crippen LogP contribution < -0.4 is 20.9 Å². The molecule has 2 aliphatic rings. The first-order valence-electron chi connectivity index (χ1n) is 11.9. The summed E-state index contributed by atoms with van der Waals surface area (Å²) in [6, 6.07) is 12.0. The van der Waals surface area contributed by atoms with E-state index in [1.54, 1.807) is 30.3 Å². The first-order valence-corrected chi connectivity index (χ1v) is 12.3. The van der Waals surface area contributed by atoms with Crippen LogP contribution in [0.5, 0.6) is 0 Å². The van der Waals surface area contributed by atoms with Crippen LogP contribution in [-0.2, 0) is 4.74 Å². The van der Waals surface area contributed by atoms with E-state index >= 15 is 0 Å². The second kappa shape index (κ2) is 12.1. The minimum atomic E-state index is -0.381. The Morgan fingerprint density at radius 3 is 2.32 bits per heavy atom.